The van der Waals surface area contributed by atoms with Gasteiger partial charge < -0.3 is 5.32 Å². The summed E-state index contributed by atoms with van der Waals surface area (Å²) in [5, 5.41) is 2.92. The number of benzene rings is 1. The van der Waals surface area contributed by atoms with Crippen LogP contribution in [0.25, 0.3) is 0 Å². The van der Waals surface area contributed by atoms with E-state index in [2.05, 4.69) is 10.0 Å². The first-order valence-corrected chi connectivity index (χ1v) is 7.97. The number of halogens is 1. The molecule has 122 valence electrons. The van der Waals surface area contributed by atoms with Gasteiger partial charge in [-0.05, 0) is 38.2 Å². The minimum absolute atomic E-state index is 0. The summed E-state index contributed by atoms with van der Waals surface area (Å²) >= 11 is 0. The second-order valence-electron chi connectivity index (χ2n) is 4.73. The molecule has 0 aromatic heterocycles. The van der Waals surface area contributed by atoms with Gasteiger partial charge in [0.25, 0.3) is 11.8 Å². The molecule has 2 amide bonds. The first kappa shape index (κ1) is 18.6. The Hall–Kier alpha value is -1.48. The van der Waals surface area contributed by atoms with Crippen molar-refractivity contribution < 1.29 is 18.0 Å². The van der Waals surface area contributed by atoms with Crippen molar-refractivity contribution in [1.29, 1.82) is 0 Å². The van der Waals surface area contributed by atoms with Crippen LogP contribution in [0.15, 0.2) is 23.1 Å². The minimum Gasteiger partial charge on any atom is -0.320 e. The highest BCUT2D eigenvalue weighted by atomic mass is 35.5. The number of fused-ring (bicyclic) bond motifs is 1. The van der Waals surface area contributed by atoms with E-state index < -0.39 is 21.8 Å². The average Bonchev–Trinajstić information content (AvgIpc) is 2.68. The zero-order valence-corrected chi connectivity index (χ0v) is 13.9. The molecular formula is C13H18ClN3O4S. The fourth-order valence-electron chi connectivity index (χ4n) is 2.06. The van der Waals surface area contributed by atoms with E-state index in [0.29, 0.717) is 19.5 Å². The summed E-state index contributed by atoms with van der Waals surface area (Å²) in [6.07, 6.45) is 0.654. The van der Waals surface area contributed by atoms with Gasteiger partial charge in [0.2, 0.25) is 10.0 Å². The second-order valence-corrected chi connectivity index (χ2v) is 6.50. The molecule has 2 N–H and O–H groups in total. The molecule has 1 aliphatic rings. The maximum Gasteiger partial charge on any atom is 0.261 e. The third-order valence-electron chi connectivity index (χ3n) is 3.27. The van der Waals surface area contributed by atoms with Gasteiger partial charge in [-0.1, -0.05) is 0 Å². The van der Waals surface area contributed by atoms with Crippen molar-refractivity contribution in [3.05, 3.63) is 29.3 Å². The van der Waals surface area contributed by atoms with Crippen LogP contribution in [0, 0.1) is 0 Å². The Morgan fingerprint density at radius 3 is 2.36 bits per heavy atom. The number of hydrogen-bond donors (Lipinski definition) is 2. The number of carbonyl (C=O) groups is 2. The third kappa shape index (κ3) is 3.46. The van der Waals surface area contributed by atoms with Gasteiger partial charge in [0, 0.05) is 13.6 Å². The Morgan fingerprint density at radius 2 is 1.73 bits per heavy atom. The fraction of sp³-hybridized carbons (Fsp3) is 0.385. The van der Waals surface area contributed by atoms with Crippen LogP contribution in [0.4, 0.5) is 0 Å². The summed E-state index contributed by atoms with van der Waals surface area (Å²) in [6, 6.07) is 3.96. The first-order chi connectivity index (χ1) is 9.88. The number of imide groups is 1. The zero-order chi connectivity index (χ0) is 15.6. The van der Waals surface area contributed by atoms with Gasteiger partial charge in [-0.3, -0.25) is 14.5 Å². The van der Waals surface area contributed by atoms with Crippen molar-refractivity contribution in [2.75, 3.05) is 27.2 Å². The van der Waals surface area contributed by atoms with Gasteiger partial charge in [0.15, 0.2) is 0 Å². The van der Waals surface area contributed by atoms with E-state index in [4.69, 9.17) is 0 Å². The molecule has 0 atom stereocenters. The number of rotatable bonds is 6. The molecule has 0 fully saturated rings. The van der Waals surface area contributed by atoms with Crippen molar-refractivity contribution in [2.45, 2.75) is 11.3 Å². The van der Waals surface area contributed by atoms with Crippen molar-refractivity contribution in [3.63, 3.8) is 0 Å². The Kier molecular flexibility index (Phi) is 6.07. The van der Waals surface area contributed by atoms with E-state index in [-0.39, 0.29) is 28.4 Å². The largest absolute Gasteiger partial charge is 0.320 e. The topological polar surface area (TPSA) is 95.6 Å². The van der Waals surface area contributed by atoms with Crippen LogP contribution in [0.1, 0.15) is 27.1 Å². The van der Waals surface area contributed by atoms with Gasteiger partial charge in [-0.2, -0.15) is 0 Å². The molecule has 7 nitrogen and oxygen atoms in total. The SMILES string of the molecule is CNCCCNS(=O)(=O)c1ccc2c(c1)C(=O)N(C)C2=O.Cl. The van der Waals surface area contributed by atoms with E-state index in [1.54, 1.807) is 7.05 Å². The molecule has 9 heteroatoms. The smallest absolute Gasteiger partial charge is 0.261 e. The molecule has 0 aliphatic carbocycles. The van der Waals surface area contributed by atoms with Crippen molar-refractivity contribution in [3.8, 4) is 0 Å². The Morgan fingerprint density at radius 1 is 1.09 bits per heavy atom. The lowest BCUT2D eigenvalue weighted by molar-refractivity contribution is 0.0693. The number of hydrogen-bond acceptors (Lipinski definition) is 5. The minimum atomic E-state index is -3.68. The molecule has 0 unspecified atom stereocenters. The number of nitrogens with one attached hydrogen (secondary N) is 2. The summed E-state index contributed by atoms with van der Waals surface area (Å²) in [4.78, 5) is 24.6. The second kappa shape index (κ2) is 7.19. The fourth-order valence-corrected chi connectivity index (χ4v) is 3.16. The molecule has 0 bridgehead atoms. The van der Waals surface area contributed by atoms with Crippen LogP contribution in [-0.4, -0.2) is 52.3 Å². The molecule has 0 spiro atoms. The Bertz CT molecular complexity index is 691. The molecule has 0 saturated carbocycles. The molecule has 2 rings (SSSR count). The maximum atomic E-state index is 12.1. The lowest BCUT2D eigenvalue weighted by Gasteiger charge is -2.07. The predicted molar refractivity (Wildman–Crippen MR) is 83.8 cm³/mol. The van der Waals surface area contributed by atoms with Crippen LogP contribution in [0.2, 0.25) is 0 Å². The summed E-state index contributed by atoms with van der Waals surface area (Å²) in [6.45, 7) is 0.998. The quantitative estimate of drug-likeness (QED) is 0.567. The first-order valence-electron chi connectivity index (χ1n) is 6.49. The van der Waals surface area contributed by atoms with Crippen LogP contribution in [0.5, 0.6) is 0 Å². The van der Waals surface area contributed by atoms with E-state index in [1.807, 2.05) is 0 Å². The lowest BCUT2D eigenvalue weighted by Crippen LogP contribution is -2.27. The Balaban J connectivity index is 0.00000242. The van der Waals surface area contributed by atoms with E-state index in [1.165, 1.54) is 25.2 Å². The number of nitrogens with zero attached hydrogens (tertiary/aromatic N) is 1. The molecule has 1 aliphatic heterocycles. The average molecular weight is 348 g/mol. The predicted octanol–water partition coefficient (Wildman–Crippen LogP) is 0.222. The molecule has 1 aromatic rings. The normalized spacial score (nSPS) is 14.0. The monoisotopic (exact) mass is 347 g/mol. The van der Waals surface area contributed by atoms with Crippen LogP contribution >= 0.6 is 12.4 Å². The highest BCUT2D eigenvalue weighted by molar-refractivity contribution is 7.89. The van der Waals surface area contributed by atoms with Crippen molar-refractivity contribution >= 4 is 34.2 Å². The summed E-state index contributed by atoms with van der Waals surface area (Å²) in [7, 11) is -0.525. The van der Waals surface area contributed by atoms with E-state index in [0.717, 1.165) is 4.90 Å². The van der Waals surface area contributed by atoms with E-state index in [9.17, 15) is 18.0 Å². The molecule has 1 heterocycles. The zero-order valence-electron chi connectivity index (χ0n) is 12.3. The van der Waals surface area contributed by atoms with Gasteiger partial charge >= 0.3 is 0 Å². The number of amides is 2. The van der Waals surface area contributed by atoms with Gasteiger partial charge in [0.05, 0.1) is 16.0 Å². The summed E-state index contributed by atoms with van der Waals surface area (Å²) < 4.78 is 26.7. The number of sulfonamides is 1. The van der Waals surface area contributed by atoms with Gasteiger partial charge in [-0.25, -0.2) is 13.1 Å². The molecule has 1 aromatic carbocycles. The van der Waals surface area contributed by atoms with Gasteiger partial charge in [0.1, 0.15) is 0 Å². The van der Waals surface area contributed by atoms with Crippen LogP contribution < -0.4 is 10.0 Å². The van der Waals surface area contributed by atoms with Crippen molar-refractivity contribution in [1.82, 2.24) is 14.9 Å². The molecule has 0 saturated heterocycles. The van der Waals surface area contributed by atoms with Gasteiger partial charge in [-0.15, -0.1) is 12.4 Å². The summed E-state index contributed by atoms with van der Waals surface area (Å²) in [5.41, 5.74) is 0.359. The van der Waals surface area contributed by atoms with Crippen LogP contribution in [0.3, 0.4) is 0 Å². The van der Waals surface area contributed by atoms with E-state index >= 15 is 0 Å². The molecular weight excluding hydrogens is 330 g/mol. The molecule has 22 heavy (non-hydrogen) atoms. The molecule has 0 radical (unpaired) electrons. The highest BCUT2D eigenvalue weighted by Crippen LogP contribution is 2.24. The van der Waals surface area contributed by atoms with Crippen LogP contribution in [-0.2, 0) is 10.0 Å². The lowest BCUT2D eigenvalue weighted by atomic mass is 10.1. The Labute approximate surface area is 135 Å². The van der Waals surface area contributed by atoms with Crippen molar-refractivity contribution in [2.24, 2.45) is 0 Å². The maximum absolute atomic E-state index is 12.1. The summed E-state index contributed by atoms with van der Waals surface area (Å²) in [5.74, 6) is -0.900. The highest BCUT2D eigenvalue weighted by Gasteiger charge is 2.33. The standard InChI is InChI=1S/C13H17N3O4S.ClH/c1-14-6-3-7-15-21(19,20)9-4-5-10-11(8-9)13(18)16(2)12(10)17;/h4-5,8,14-15H,3,6-7H2,1-2H3;1H. The third-order valence-corrected chi connectivity index (χ3v) is 4.73. The number of carbonyl (C=O) groups excluding carboxylic acids is 2.